The minimum absolute atomic E-state index is 0.269. The van der Waals surface area contributed by atoms with Crippen molar-refractivity contribution in [1.29, 1.82) is 0 Å². The number of cyclic esters (lactones) is 1. The highest BCUT2D eigenvalue weighted by atomic mass is 32.1. The normalized spacial score (nSPS) is 19.8. The fourth-order valence-electron chi connectivity index (χ4n) is 2.43. The Morgan fingerprint density at radius 3 is 2.75 bits per heavy atom. The number of hydrogen-bond donors (Lipinski definition) is 1. The second-order valence-electron chi connectivity index (χ2n) is 5.39. The third-order valence-electron chi connectivity index (χ3n) is 3.45. The van der Waals surface area contributed by atoms with Gasteiger partial charge < -0.3 is 14.8 Å². The molecule has 126 valence electrons. The van der Waals surface area contributed by atoms with E-state index >= 15 is 0 Å². The van der Waals surface area contributed by atoms with Crippen molar-refractivity contribution in [3.8, 4) is 10.4 Å². The van der Waals surface area contributed by atoms with E-state index in [1.54, 1.807) is 12.3 Å². The number of anilines is 1. The molecule has 1 amide bonds. The highest BCUT2D eigenvalue weighted by molar-refractivity contribution is 7.17. The second kappa shape index (κ2) is 6.74. The smallest absolute Gasteiger partial charge is 0.347 e. The fraction of sp³-hybridized carbons (Fsp3) is 0.312. The molecule has 2 aromatic rings. The number of thiophene rings is 2. The third-order valence-corrected chi connectivity index (χ3v) is 5.25. The predicted molar refractivity (Wildman–Crippen MR) is 91.3 cm³/mol. The van der Waals surface area contributed by atoms with E-state index in [0.29, 0.717) is 17.0 Å². The molecule has 0 aromatic carbocycles. The molecule has 0 spiro atoms. The first kappa shape index (κ1) is 16.7. The number of carbonyl (C=O) groups excluding carboxylic acids is 3. The molecule has 0 unspecified atom stereocenters. The molecule has 1 N–H and O–H groups in total. The number of hydrogen-bond acceptors (Lipinski definition) is 7. The van der Waals surface area contributed by atoms with Crippen LogP contribution < -0.4 is 5.32 Å². The van der Waals surface area contributed by atoms with Crippen molar-refractivity contribution in [3.05, 3.63) is 28.5 Å². The van der Waals surface area contributed by atoms with Crippen LogP contribution in [0.1, 0.15) is 30.6 Å². The Bertz CT molecular complexity index is 780. The summed E-state index contributed by atoms with van der Waals surface area (Å²) in [5.41, 5.74) is 0.952. The molecular formula is C16H15NO5S2. The maximum absolute atomic E-state index is 12.7. The monoisotopic (exact) mass is 365 g/mol. The lowest BCUT2D eigenvalue weighted by Gasteiger charge is -2.10. The lowest BCUT2D eigenvalue weighted by Crippen LogP contribution is -2.23. The summed E-state index contributed by atoms with van der Waals surface area (Å²) in [4.78, 5) is 36.6. The molecule has 0 bridgehead atoms. The molecular weight excluding hydrogens is 350 g/mol. The Morgan fingerprint density at radius 2 is 2.17 bits per heavy atom. The van der Waals surface area contributed by atoms with Gasteiger partial charge in [0.15, 0.2) is 0 Å². The van der Waals surface area contributed by atoms with Gasteiger partial charge in [0.25, 0.3) is 0 Å². The van der Waals surface area contributed by atoms with Gasteiger partial charge in [0.1, 0.15) is 16.7 Å². The van der Waals surface area contributed by atoms with Crippen molar-refractivity contribution in [2.45, 2.75) is 32.5 Å². The van der Waals surface area contributed by atoms with Gasteiger partial charge in [-0.15, -0.1) is 22.7 Å². The minimum atomic E-state index is -0.909. The zero-order valence-corrected chi connectivity index (χ0v) is 14.7. The van der Waals surface area contributed by atoms with E-state index in [9.17, 15) is 14.4 Å². The van der Waals surface area contributed by atoms with Gasteiger partial charge in [-0.1, -0.05) is 6.07 Å². The second-order valence-corrected chi connectivity index (χ2v) is 7.22. The van der Waals surface area contributed by atoms with Crippen molar-refractivity contribution in [3.63, 3.8) is 0 Å². The van der Waals surface area contributed by atoms with Crippen LogP contribution in [-0.4, -0.2) is 30.1 Å². The molecule has 1 aliphatic heterocycles. The first-order chi connectivity index (χ1) is 11.5. The summed E-state index contributed by atoms with van der Waals surface area (Å²) >= 11 is 2.73. The van der Waals surface area contributed by atoms with E-state index in [-0.39, 0.29) is 17.6 Å². The van der Waals surface area contributed by atoms with Crippen LogP contribution in [0.15, 0.2) is 22.9 Å². The van der Waals surface area contributed by atoms with Crippen LogP contribution in [0.2, 0.25) is 0 Å². The summed E-state index contributed by atoms with van der Waals surface area (Å²) in [5, 5.41) is 6.76. The molecule has 2 aromatic heterocycles. The number of carbonyl (C=O) groups is 3. The van der Waals surface area contributed by atoms with Crippen LogP contribution in [0.3, 0.4) is 0 Å². The van der Waals surface area contributed by atoms with Crippen molar-refractivity contribution in [2.24, 2.45) is 0 Å². The third kappa shape index (κ3) is 3.34. The van der Waals surface area contributed by atoms with Crippen LogP contribution in [0.4, 0.5) is 5.00 Å². The van der Waals surface area contributed by atoms with Gasteiger partial charge in [-0.05, 0) is 18.4 Å². The van der Waals surface area contributed by atoms with Crippen LogP contribution in [0.25, 0.3) is 10.4 Å². The van der Waals surface area contributed by atoms with E-state index in [1.807, 2.05) is 17.5 Å². The van der Waals surface area contributed by atoms with Crippen LogP contribution in [0, 0.1) is 0 Å². The summed E-state index contributed by atoms with van der Waals surface area (Å²) in [5.74, 6) is -1.46. The molecule has 3 rings (SSSR count). The lowest BCUT2D eigenvalue weighted by molar-refractivity contribution is -0.147. The summed E-state index contributed by atoms with van der Waals surface area (Å²) in [6.07, 6.45) is -0.850. The Labute approximate surface area is 146 Å². The molecule has 1 fully saturated rings. The van der Waals surface area contributed by atoms with Gasteiger partial charge in [0, 0.05) is 29.2 Å². The van der Waals surface area contributed by atoms with E-state index < -0.39 is 18.0 Å². The number of nitrogens with one attached hydrogen (secondary N) is 1. The molecule has 0 aliphatic carbocycles. The standard InChI is InChI=1S/C16H15NO5S2/c1-8-6-11(15(19)21-8)22-16(20)13-10(12-4-3-5-23-12)7-24-14(13)17-9(2)18/h3-5,7-8,11H,6H2,1-2H3,(H,17,18)/t8-,11+/m0/s1. The Kier molecular flexibility index (Phi) is 4.68. The van der Waals surface area contributed by atoms with E-state index in [2.05, 4.69) is 5.32 Å². The number of esters is 2. The van der Waals surface area contributed by atoms with Gasteiger partial charge in [-0.25, -0.2) is 9.59 Å². The summed E-state index contributed by atoms with van der Waals surface area (Å²) in [7, 11) is 0. The Hall–Kier alpha value is -2.19. The molecule has 8 heteroatoms. The van der Waals surface area contributed by atoms with Crippen molar-refractivity contribution >= 4 is 45.5 Å². The highest BCUT2D eigenvalue weighted by Crippen LogP contribution is 2.38. The van der Waals surface area contributed by atoms with Gasteiger partial charge in [0.05, 0.1) is 0 Å². The van der Waals surface area contributed by atoms with Crippen molar-refractivity contribution in [1.82, 2.24) is 0 Å². The van der Waals surface area contributed by atoms with Crippen LogP contribution >= 0.6 is 22.7 Å². The highest BCUT2D eigenvalue weighted by Gasteiger charge is 2.36. The summed E-state index contributed by atoms with van der Waals surface area (Å²) in [6, 6.07) is 3.76. The number of ether oxygens (including phenoxy) is 2. The molecule has 3 heterocycles. The van der Waals surface area contributed by atoms with Gasteiger partial charge in [0.2, 0.25) is 12.0 Å². The first-order valence-electron chi connectivity index (χ1n) is 7.30. The van der Waals surface area contributed by atoms with Gasteiger partial charge in [-0.3, -0.25) is 4.79 Å². The fourth-order valence-corrected chi connectivity index (χ4v) is 4.25. The Balaban J connectivity index is 1.92. The Morgan fingerprint density at radius 1 is 1.38 bits per heavy atom. The van der Waals surface area contributed by atoms with Crippen molar-refractivity contribution < 1.29 is 23.9 Å². The topological polar surface area (TPSA) is 81.7 Å². The maximum atomic E-state index is 12.7. The van der Waals surface area contributed by atoms with Crippen LogP contribution in [0.5, 0.6) is 0 Å². The van der Waals surface area contributed by atoms with Crippen LogP contribution in [-0.2, 0) is 19.1 Å². The largest absolute Gasteiger partial charge is 0.460 e. The predicted octanol–water partition coefficient (Wildman–Crippen LogP) is 3.30. The maximum Gasteiger partial charge on any atom is 0.347 e. The zero-order chi connectivity index (χ0) is 17.3. The lowest BCUT2D eigenvalue weighted by atomic mass is 10.1. The molecule has 6 nitrogen and oxygen atoms in total. The molecule has 24 heavy (non-hydrogen) atoms. The molecule has 1 saturated heterocycles. The molecule has 0 saturated carbocycles. The summed E-state index contributed by atoms with van der Waals surface area (Å²) in [6.45, 7) is 3.12. The first-order valence-corrected chi connectivity index (χ1v) is 9.06. The van der Waals surface area contributed by atoms with Gasteiger partial charge >= 0.3 is 11.9 Å². The summed E-state index contributed by atoms with van der Waals surface area (Å²) < 4.78 is 10.4. The average molecular weight is 365 g/mol. The quantitative estimate of drug-likeness (QED) is 0.841. The van der Waals surface area contributed by atoms with E-state index in [4.69, 9.17) is 9.47 Å². The molecule has 2 atom stereocenters. The molecule has 1 aliphatic rings. The molecule has 0 radical (unpaired) electrons. The van der Waals surface area contributed by atoms with Gasteiger partial charge in [-0.2, -0.15) is 0 Å². The zero-order valence-electron chi connectivity index (χ0n) is 13.0. The number of amides is 1. The average Bonchev–Trinajstić information content (AvgIpc) is 3.19. The van der Waals surface area contributed by atoms with E-state index in [1.165, 1.54) is 29.6 Å². The minimum Gasteiger partial charge on any atom is -0.460 e. The SMILES string of the molecule is CC(=O)Nc1scc(-c2cccs2)c1C(=O)O[C@@H]1C[C@H](C)OC1=O. The van der Waals surface area contributed by atoms with Crippen molar-refractivity contribution in [2.75, 3.05) is 5.32 Å². The van der Waals surface area contributed by atoms with E-state index in [0.717, 1.165) is 4.88 Å². The number of rotatable bonds is 4.